The van der Waals surface area contributed by atoms with Crippen LogP contribution >= 0.6 is 0 Å². The largest absolute Gasteiger partial charge is 0.469 e. The first-order valence-corrected chi connectivity index (χ1v) is 6.56. The molecule has 3 rings (SSSR count). The number of hydrogen-bond donors (Lipinski definition) is 0. The van der Waals surface area contributed by atoms with Crippen LogP contribution in [-0.2, 0) is 0 Å². The normalized spacial score (nSPS) is 19.6. The van der Waals surface area contributed by atoms with Crippen LogP contribution in [0.3, 0.4) is 0 Å². The molecule has 2 aromatic rings. The minimum Gasteiger partial charge on any atom is -0.469 e. The van der Waals surface area contributed by atoms with Gasteiger partial charge in [0.25, 0.3) is 5.91 Å². The molecule has 100 valence electrons. The van der Waals surface area contributed by atoms with Gasteiger partial charge in [0.05, 0.1) is 24.2 Å². The molecule has 1 saturated heterocycles. The highest BCUT2D eigenvalue weighted by Crippen LogP contribution is 2.23. The molecule has 0 unspecified atom stereocenters. The number of hydrogen-bond acceptors (Lipinski definition) is 3. The number of furan rings is 1. The number of rotatable bonds is 2. The lowest BCUT2D eigenvalue weighted by Crippen LogP contribution is -2.40. The fourth-order valence-electron chi connectivity index (χ4n) is 2.65. The second kappa shape index (κ2) is 4.91. The number of aromatic nitrogens is 2. The van der Waals surface area contributed by atoms with E-state index >= 15 is 0 Å². The molecule has 1 fully saturated rings. The monoisotopic (exact) mass is 259 g/mol. The maximum absolute atomic E-state index is 12.4. The van der Waals surface area contributed by atoms with E-state index in [1.165, 1.54) is 0 Å². The summed E-state index contributed by atoms with van der Waals surface area (Å²) in [5.41, 5.74) is 0.672. The van der Waals surface area contributed by atoms with Crippen molar-refractivity contribution in [3.8, 4) is 0 Å². The highest BCUT2D eigenvalue weighted by Gasteiger charge is 2.26. The van der Waals surface area contributed by atoms with E-state index in [9.17, 15) is 4.79 Å². The van der Waals surface area contributed by atoms with Crippen molar-refractivity contribution in [2.24, 2.45) is 0 Å². The summed E-state index contributed by atoms with van der Waals surface area (Å²) in [5.74, 6) is 0.755. The van der Waals surface area contributed by atoms with Gasteiger partial charge in [-0.05, 0) is 25.8 Å². The predicted molar refractivity (Wildman–Crippen MR) is 69.8 cm³/mol. The van der Waals surface area contributed by atoms with E-state index in [0.29, 0.717) is 17.4 Å². The van der Waals surface area contributed by atoms with Crippen molar-refractivity contribution >= 4 is 5.91 Å². The third-order valence-electron chi connectivity index (χ3n) is 3.72. The van der Waals surface area contributed by atoms with Gasteiger partial charge in [-0.25, -0.2) is 4.98 Å². The molecule has 3 heterocycles. The molecule has 0 radical (unpaired) electrons. The van der Waals surface area contributed by atoms with Crippen LogP contribution in [0.15, 0.2) is 35.5 Å². The van der Waals surface area contributed by atoms with Gasteiger partial charge in [-0.3, -0.25) is 4.79 Å². The minimum atomic E-state index is 0.0658. The summed E-state index contributed by atoms with van der Waals surface area (Å²) < 4.78 is 7.30. The lowest BCUT2D eigenvalue weighted by molar-refractivity contribution is 0.0677. The van der Waals surface area contributed by atoms with E-state index in [1.807, 2.05) is 24.3 Å². The van der Waals surface area contributed by atoms with E-state index in [1.54, 1.807) is 18.5 Å². The van der Waals surface area contributed by atoms with Gasteiger partial charge in [-0.1, -0.05) is 0 Å². The van der Waals surface area contributed by atoms with Gasteiger partial charge in [0.2, 0.25) is 0 Å². The summed E-state index contributed by atoms with van der Waals surface area (Å²) in [5, 5.41) is 0. The van der Waals surface area contributed by atoms with Crippen molar-refractivity contribution < 1.29 is 9.21 Å². The smallest absolute Gasteiger partial charge is 0.257 e. The summed E-state index contributed by atoms with van der Waals surface area (Å²) >= 11 is 0. The maximum Gasteiger partial charge on any atom is 0.257 e. The highest BCUT2D eigenvalue weighted by molar-refractivity contribution is 5.95. The van der Waals surface area contributed by atoms with Crippen molar-refractivity contribution in [1.82, 2.24) is 14.5 Å². The number of amides is 1. The average Bonchev–Trinajstić information content (AvgIpc) is 3.09. The SMILES string of the molecule is Cc1occc1C(=O)N1CCC[C@@H](n2ccnc2)C1. The second-order valence-electron chi connectivity index (χ2n) is 4.95. The molecule has 0 spiro atoms. The van der Waals surface area contributed by atoms with Crippen molar-refractivity contribution in [2.75, 3.05) is 13.1 Å². The zero-order chi connectivity index (χ0) is 13.2. The Morgan fingerprint density at radius 2 is 2.42 bits per heavy atom. The molecule has 0 N–H and O–H groups in total. The van der Waals surface area contributed by atoms with Crippen molar-refractivity contribution in [3.63, 3.8) is 0 Å². The molecular weight excluding hydrogens is 242 g/mol. The highest BCUT2D eigenvalue weighted by atomic mass is 16.3. The van der Waals surface area contributed by atoms with Crippen molar-refractivity contribution in [2.45, 2.75) is 25.8 Å². The molecule has 1 aliphatic rings. The fourth-order valence-corrected chi connectivity index (χ4v) is 2.65. The summed E-state index contributed by atoms with van der Waals surface area (Å²) in [6.45, 7) is 3.37. The number of carbonyl (C=O) groups is 1. The van der Waals surface area contributed by atoms with Crippen molar-refractivity contribution in [1.29, 1.82) is 0 Å². The first-order chi connectivity index (χ1) is 9.25. The van der Waals surface area contributed by atoms with E-state index in [2.05, 4.69) is 9.55 Å². The van der Waals surface area contributed by atoms with E-state index in [4.69, 9.17) is 4.42 Å². The Bertz CT molecular complexity index is 559. The van der Waals surface area contributed by atoms with Gasteiger partial charge in [0.1, 0.15) is 5.76 Å². The topological polar surface area (TPSA) is 51.3 Å². The summed E-state index contributed by atoms with van der Waals surface area (Å²) in [6.07, 6.45) is 9.24. The summed E-state index contributed by atoms with van der Waals surface area (Å²) in [4.78, 5) is 18.4. The van der Waals surface area contributed by atoms with Crippen molar-refractivity contribution in [3.05, 3.63) is 42.4 Å². The molecule has 5 nitrogen and oxygen atoms in total. The summed E-state index contributed by atoms with van der Waals surface area (Å²) in [6, 6.07) is 2.07. The zero-order valence-electron chi connectivity index (χ0n) is 11.0. The van der Waals surface area contributed by atoms with Crippen LogP contribution in [0.5, 0.6) is 0 Å². The van der Waals surface area contributed by atoms with Crippen LogP contribution in [0.1, 0.15) is 35.0 Å². The lowest BCUT2D eigenvalue weighted by Gasteiger charge is -2.33. The summed E-state index contributed by atoms with van der Waals surface area (Å²) in [7, 11) is 0. The van der Waals surface area contributed by atoms with Crippen LogP contribution in [0.2, 0.25) is 0 Å². The van der Waals surface area contributed by atoms with Gasteiger partial charge < -0.3 is 13.9 Å². The van der Waals surface area contributed by atoms with Gasteiger partial charge in [-0.2, -0.15) is 0 Å². The third kappa shape index (κ3) is 2.28. The van der Waals surface area contributed by atoms with E-state index < -0.39 is 0 Å². The van der Waals surface area contributed by atoms with Gasteiger partial charge in [0, 0.05) is 25.5 Å². The number of likely N-dealkylation sites (tertiary alicyclic amines) is 1. The number of aryl methyl sites for hydroxylation is 1. The molecular formula is C14H17N3O2. The maximum atomic E-state index is 12.4. The predicted octanol–water partition coefficient (Wildman–Crippen LogP) is 2.26. The molecule has 19 heavy (non-hydrogen) atoms. The molecule has 1 aliphatic heterocycles. The number of carbonyl (C=O) groups excluding carboxylic acids is 1. The van der Waals surface area contributed by atoms with Crippen LogP contribution in [0.25, 0.3) is 0 Å². The third-order valence-corrected chi connectivity index (χ3v) is 3.72. The molecule has 0 aromatic carbocycles. The Hall–Kier alpha value is -2.04. The molecule has 1 atom stereocenters. The number of nitrogens with zero attached hydrogens (tertiary/aromatic N) is 3. The van der Waals surface area contributed by atoms with Gasteiger partial charge >= 0.3 is 0 Å². The van der Waals surface area contributed by atoms with Gasteiger partial charge in [-0.15, -0.1) is 0 Å². The first kappa shape index (κ1) is 12.0. The molecule has 5 heteroatoms. The minimum absolute atomic E-state index is 0.0658. The van der Waals surface area contributed by atoms with Crippen LogP contribution in [0, 0.1) is 6.92 Å². The van der Waals surface area contributed by atoms with Crippen LogP contribution in [-0.4, -0.2) is 33.4 Å². The Morgan fingerprint density at radius 3 is 3.11 bits per heavy atom. The first-order valence-electron chi connectivity index (χ1n) is 6.56. The molecule has 0 saturated carbocycles. The van der Waals surface area contributed by atoms with Crippen LogP contribution in [0.4, 0.5) is 0 Å². The number of piperidine rings is 1. The lowest BCUT2D eigenvalue weighted by atomic mass is 10.0. The quantitative estimate of drug-likeness (QED) is 0.831. The van der Waals surface area contributed by atoms with E-state index in [0.717, 1.165) is 25.9 Å². The standard InChI is InChI=1S/C14H17N3O2/c1-11-13(4-8-19-11)14(18)16-6-2-3-12(9-16)17-7-5-15-10-17/h4-5,7-8,10,12H,2-3,6,9H2,1H3/t12-/m1/s1. The Balaban J connectivity index is 1.75. The molecule has 2 aromatic heterocycles. The van der Waals surface area contributed by atoms with Crippen LogP contribution < -0.4 is 0 Å². The van der Waals surface area contributed by atoms with Gasteiger partial charge in [0.15, 0.2) is 0 Å². The Kier molecular flexibility index (Phi) is 3.11. The average molecular weight is 259 g/mol. The van der Waals surface area contributed by atoms with E-state index in [-0.39, 0.29) is 5.91 Å². The Labute approximate surface area is 111 Å². The fraction of sp³-hybridized carbons (Fsp3) is 0.429. The molecule has 0 bridgehead atoms. The molecule has 0 aliphatic carbocycles. The Morgan fingerprint density at radius 1 is 1.53 bits per heavy atom. The number of imidazole rings is 1. The second-order valence-corrected chi connectivity index (χ2v) is 4.95. The molecule has 1 amide bonds. The zero-order valence-corrected chi connectivity index (χ0v) is 11.0.